The Balaban J connectivity index is 3.17. The maximum Gasteiger partial charge on any atom is 0.180 e. The summed E-state index contributed by atoms with van der Waals surface area (Å²) in [4.78, 5) is 4.63. The first-order chi connectivity index (χ1) is 5.46. The van der Waals surface area contributed by atoms with E-state index >= 15 is 0 Å². The van der Waals surface area contributed by atoms with E-state index < -0.39 is 0 Å². The van der Waals surface area contributed by atoms with Crippen molar-refractivity contribution in [1.29, 1.82) is 0 Å². The third-order valence-corrected chi connectivity index (χ3v) is 2.91. The normalized spacial score (nSPS) is 17.8. The molecule has 12 heavy (non-hydrogen) atoms. The molecule has 66 valence electrons. The number of thiocarbonyl (C=S) groups is 2. The van der Waals surface area contributed by atoms with E-state index in [2.05, 4.69) is 0 Å². The van der Waals surface area contributed by atoms with Gasteiger partial charge >= 0.3 is 0 Å². The molecule has 0 aliphatic carbocycles. The molecule has 1 aliphatic heterocycles. The van der Waals surface area contributed by atoms with Crippen LogP contribution in [0.5, 0.6) is 0 Å². The topological polar surface area (TPSA) is 6.48 Å². The predicted octanol–water partition coefficient (Wildman–Crippen LogP) is 1.77. The van der Waals surface area contributed by atoms with E-state index in [0.29, 0.717) is 0 Å². The molecule has 0 aromatic rings. The average Bonchev–Trinajstić information content (AvgIpc) is 2.16. The summed E-state index contributed by atoms with van der Waals surface area (Å²) >= 11 is 10.4. The van der Waals surface area contributed by atoms with Crippen molar-refractivity contribution in [3.63, 3.8) is 0 Å². The standard InChI is InChI=1S/C8H12N2S2/c1-5(2)6-7(11)10(4)8(12)9(6)3/h1-4H3. The van der Waals surface area contributed by atoms with Gasteiger partial charge in [0.15, 0.2) is 5.11 Å². The Morgan fingerprint density at radius 3 is 1.75 bits per heavy atom. The zero-order valence-electron chi connectivity index (χ0n) is 7.71. The summed E-state index contributed by atoms with van der Waals surface area (Å²) < 4.78 is 0. The van der Waals surface area contributed by atoms with E-state index in [-0.39, 0.29) is 0 Å². The molecule has 0 bridgehead atoms. The number of nitrogens with zero attached hydrogens (tertiary/aromatic N) is 2. The van der Waals surface area contributed by atoms with Gasteiger partial charge in [0.05, 0.1) is 5.70 Å². The van der Waals surface area contributed by atoms with Gasteiger partial charge in [-0.05, 0) is 31.6 Å². The van der Waals surface area contributed by atoms with Gasteiger partial charge in [0.1, 0.15) is 4.99 Å². The molecule has 4 heteroatoms. The highest BCUT2D eigenvalue weighted by molar-refractivity contribution is 7.82. The smallest absolute Gasteiger partial charge is 0.180 e. The van der Waals surface area contributed by atoms with Crippen LogP contribution in [-0.2, 0) is 0 Å². The molecule has 0 saturated carbocycles. The van der Waals surface area contributed by atoms with Crippen molar-refractivity contribution in [2.75, 3.05) is 14.1 Å². The molecule has 1 saturated heterocycles. The Labute approximate surface area is 83.8 Å². The largest absolute Gasteiger partial charge is 0.319 e. The van der Waals surface area contributed by atoms with Crippen molar-refractivity contribution in [2.45, 2.75) is 13.8 Å². The lowest BCUT2D eigenvalue weighted by atomic mass is 10.2. The zero-order valence-corrected chi connectivity index (χ0v) is 9.34. The van der Waals surface area contributed by atoms with Crippen LogP contribution in [0.15, 0.2) is 11.3 Å². The lowest BCUT2D eigenvalue weighted by Gasteiger charge is -2.12. The minimum Gasteiger partial charge on any atom is -0.319 e. The van der Waals surface area contributed by atoms with E-state index in [1.165, 1.54) is 5.57 Å². The Kier molecular flexibility index (Phi) is 2.49. The highest BCUT2D eigenvalue weighted by atomic mass is 32.1. The molecular formula is C8H12N2S2. The van der Waals surface area contributed by atoms with Gasteiger partial charge in [-0.1, -0.05) is 12.2 Å². The van der Waals surface area contributed by atoms with Crippen LogP contribution in [-0.4, -0.2) is 34.0 Å². The Morgan fingerprint density at radius 2 is 1.58 bits per heavy atom. The summed E-state index contributed by atoms with van der Waals surface area (Å²) in [6.45, 7) is 4.08. The van der Waals surface area contributed by atoms with Crippen molar-refractivity contribution in [2.24, 2.45) is 0 Å². The van der Waals surface area contributed by atoms with Gasteiger partial charge in [0, 0.05) is 14.1 Å². The minimum absolute atomic E-state index is 0.774. The summed E-state index contributed by atoms with van der Waals surface area (Å²) in [6, 6.07) is 0. The molecule has 2 nitrogen and oxygen atoms in total. The highest BCUT2D eigenvalue weighted by Crippen LogP contribution is 2.21. The second kappa shape index (κ2) is 3.11. The van der Waals surface area contributed by atoms with Crippen LogP contribution in [0.25, 0.3) is 0 Å². The van der Waals surface area contributed by atoms with Gasteiger partial charge < -0.3 is 9.80 Å². The lowest BCUT2D eigenvalue weighted by Crippen LogP contribution is -2.26. The summed E-state index contributed by atoms with van der Waals surface area (Å²) in [7, 11) is 3.84. The molecular weight excluding hydrogens is 188 g/mol. The van der Waals surface area contributed by atoms with Crippen molar-refractivity contribution in [3.8, 4) is 0 Å². The van der Waals surface area contributed by atoms with Crippen LogP contribution >= 0.6 is 24.4 Å². The lowest BCUT2D eigenvalue weighted by molar-refractivity contribution is 0.637. The molecule has 1 heterocycles. The minimum atomic E-state index is 0.774. The van der Waals surface area contributed by atoms with E-state index in [4.69, 9.17) is 24.4 Å². The number of rotatable bonds is 0. The van der Waals surface area contributed by atoms with Gasteiger partial charge in [-0.15, -0.1) is 0 Å². The monoisotopic (exact) mass is 200 g/mol. The molecule has 1 aliphatic rings. The molecule has 0 atom stereocenters. The summed E-state index contributed by atoms with van der Waals surface area (Å²) in [5.41, 5.74) is 2.27. The van der Waals surface area contributed by atoms with Crippen molar-refractivity contribution in [3.05, 3.63) is 11.3 Å². The Morgan fingerprint density at radius 1 is 1.08 bits per heavy atom. The van der Waals surface area contributed by atoms with Gasteiger partial charge in [0.25, 0.3) is 0 Å². The maximum absolute atomic E-state index is 5.23. The van der Waals surface area contributed by atoms with Crippen LogP contribution in [0.3, 0.4) is 0 Å². The molecule has 0 N–H and O–H groups in total. The third-order valence-electron chi connectivity index (χ3n) is 1.89. The fourth-order valence-corrected chi connectivity index (χ4v) is 1.93. The number of hydrogen-bond acceptors (Lipinski definition) is 2. The summed E-state index contributed by atoms with van der Waals surface area (Å²) in [6.07, 6.45) is 0. The molecule has 1 fully saturated rings. The van der Waals surface area contributed by atoms with Crippen molar-refractivity contribution in [1.82, 2.24) is 9.80 Å². The zero-order chi connectivity index (χ0) is 9.46. The van der Waals surface area contributed by atoms with Crippen LogP contribution < -0.4 is 0 Å². The van der Waals surface area contributed by atoms with E-state index in [1.54, 1.807) is 0 Å². The highest BCUT2D eigenvalue weighted by Gasteiger charge is 2.29. The first kappa shape index (κ1) is 9.61. The van der Waals surface area contributed by atoms with Crippen molar-refractivity contribution < 1.29 is 0 Å². The van der Waals surface area contributed by atoms with Crippen LogP contribution in [0.4, 0.5) is 0 Å². The average molecular weight is 200 g/mol. The van der Waals surface area contributed by atoms with Crippen molar-refractivity contribution >= 4 is 34.5 Å². The molecule has 0 aromatic heterocycles. The number of hydrogen-bond donors (Lipinski definition) is 0. The Hall–Kier alpha value is -0.480. The van der Waals surface area contributed by atoms with Crippen LogP contribution in [0, 0.1) is 0 Å². The first-order valence-electron chi connectivity index (χ1n) is 3.70. The van der Waals surface area contributed by atoms with Crippen LogP contribution in [0.2, 0.25) is 0 Å². The quantitative estimate of drug-likeness (QED) is 0.434. The number of allylic oxidation sites excluding steroid dienone is 1. The number of likely N-dealkylation sites (N-methyl/N-ethyl adjacent to an activating group) is 2. The third kappa shape index (κ3) is 1.25. The van der Waals surface area contributed by atoms with E-state index in [0.717, 1.165) is 15.8 Å². The maximum atomic E-state index is 5.23. The summed E-state index contributed by atoms with van der Waals surface area (Å²) in [5, 5.41) is 0.774. The van der Waals surface area contributed by atoms with Crippen LogP contribution in [0.1, 0.15) is 13.8 Å². The molecule has 0 amide bonds. The van der Waals surface area contributed by atoms with Gasteiger partial charge in [-0.25, -0.2) is 0 Å². The summed E-state index contributed by atoms with van der Waals surface area (Å²) in [5.74, 6) is 0. The second-order valence-corrected chi connectivity index (χ2v) is 3.81. The predicted molar refractivity (Wildman–Crippen MR) is 59.1 cm³/mol. The van der Waals surface area contributed by atoms with E-state index in [1.807, 2.05) is 37.7 Å². The molecule has 0 aromatic carbocycles. The fourth-order valence-electron chi connectivity index (χ4n) is 1.26. The first-order valence-corrected chi connectivity index (χ1v) is 4.51. The van der Waals surface area contributed by atoms with Gasteiger partial charge in [0.2, 0.25) is 0 Å². The Bertz CT molecular complexity index is 277. The van der Waals surface area contributed by atoms with E-state index in [9.17, 15) is 0 Å². The fraction of sp³-hybridized carbons (Fsp3) is 0.500. The molecule has 0 radical (unpaired) electrons. The molecule has 0 unspecified atom stereocenters. The van der Waals surface area contributed by atoms with Gasteiger partial charge in [-0.2, -0.15) is 0 Å². The molecule has 1 rings (SSSR count). The second-order valence-electron chi connectivity index (χ2n) is 3.05. The SMILES string of the molecule is CC(C)=C1C(=S)N(C)C(=S)N1C. The van der Waals surface area contributed by atoms with Gasteiger partial charge in [-0.3, -0.25) is 0 Å². The molecule has 0 spiro atoms.